The first-order chi connectivity index (χ1) is 19.8. The Morgan fingerprint density at radius 3 is 2.37 bits per heavy atom. The third kappa shape index (κ3) is 7.70. The molecular formula is C31H35ClN4O5. The smallest absolute Gasteiger partial charge is 0.255 e. The van der Waals surface area contributed by atoms with Crippen molar-refractivity contribution < 1.29 is 23.9 Å². The zero-order chi connectivity index (χ0) is 29.4. The van der Waals surface area contributed by atoms with Gasteiger partial charge in [-0.2, -0.15) is 0 Å². The van der Waals surface area contributed by atoms with Gasteiger partial charge in [-0.25, -0.2) is 0 Å². The second-order valence-corrected chi connectivity index (χ2v) is 10.2. The van der Waals surface area contributed by atoms with E-state index in [1.807, 2.05) is 29.2 Å². The molecule has 1 aliphatic heterocycles. The van der Waals surface area contributed by atoms with Gasteiger partial charge in [0.25, 0.3) is 11.8 Å². The van der Waals surface area contributed by atoms with Gasteiger partial charge in [0.1, 0.15) is 0 Å². The number of rotatable bonds is 9. The lowest BCUT2D eigenvalue weighted by molar-refractivity contribution is -0.128. The van der Waals surface area contributed by atoms with Gasteiger partial charge in [-0.1, -0.05) is 23.7 Å². The highest BCUT2D eigenvalue weighted by molar-refractivity contribution is 6.31. The number of carbonyl (C=O) groups is 3. The summed E-state index contributed by atoms with van der Waals surface area (Å²) in [5.41, 5.74) is 3.12. The predicted molar refractivity (Wildman–Crippen MR) is 161 cm³/mol. The molecule has 0 spiro atoms. The number of hydrogen-bond donors (Lipinski definition) is 2. The zero-order valence-corrected chi connectivity index (χ0v) is 24.3. The highest BCUT2D eigenvalue weighted by atomic mass is 35.5. The number of methoxy groups -OCH3 is 2. The van der Waals surface area contributed by atoms with Crippen LogP contribution in [0, 0.1) is 0 Å². The fraction of sp³-hybridized carbons (Fsp3) is 0.323. The highest BCUT2D eigenvalue weighted by Gasteiger charge is 2.21. The maximum Gasteiger partial charge on any atom is 0.255 e. The molecule has 2 N–H and O–H groups in total. The van der Waals surface area contributed by atoms with Gasteiger partial charge in [0.05, 0.1) is 25.6 Å². The van der Waals surface area contributed by atoms with Crippen LogP contribution < -0.4 is 25.0 Å². The van der Waals surface area contributed by atoms with Crippen LogP contribution >= 0.6 is 11.6 Å². The van der Waals surface area contributed by atoms with Crippen molar-refractivity contribution in [2.24, 2.45) is 0 Å². The summed E-state index contributed by atoms with van der Waals surface area (Å²) in [5.74, 6) is 0.730. The Labute approximate surface area is 245 Å². The normalized spacial score (nSPS) is 13.3. The van der Waals surface area contributed by atoms with E-state index in [4.69, 9.17) is 21.1 Å². The lowest BCUT2D eigenvalue weighted by Gasteiger charge is -2.26. The fourth-order valence-electron chi connectivity index (χ4n) is 4.81. The Morgan fingerprint density at radius 1 is 0.854 bits per heavy atom. The molecule has 216 valence electrons. The number of benzene rings is 3. The molecule has 0 unspecified atom stereocenters. The largest absolute Gasteiger partial charge is 0.493 e. The van der Waals surface area contributed by atoms with Crippen LogP contribution in [0.2, 0.25) is 5.02 Å². The fourth-order valence-corrected chi connectivity index (χ4v) is 5.00. The molecule has 9 nitrogen and oxygen atoms in total. The number of halogens is 1. The van der Waals surface area contributed by atoms with Crippen LogP contribution in [-0.4, -0.2) is 69.6 Å². The van der Waals surface area contributed by atoms with E-state index in [-0.39, 0.29) is 17.7 Å². The molecule has 4 rings (SSSR count). The molecule has 3 aromatic rings. The van der Waals surface area contributed by atoms with Gasteiger partial charge in [0.15, 0.2) is 11.5 Å². The molecule has 3 aromatic carbocycles. The van der Waals surface area contributed by atoms with E-state index in [1.165, 1.54) is 0 Å². The van der Waals surface area contributed by atoms with Crippen molar-refractivity contribution in [2.45, 2.75) is 19.8 Å². The van der Waals surface area contributed by atoms with Crippen molar-refractivity contribution in [1.82, 2.24) is 10.2 Å². The average Bonchev–Trinajstić information content (AvgIpc) is 3.23. The minimum absolute atomic E-state index is 0.0430. The quantitative estimate of drug-likeness (QED) is 0.384. The SMILES string of the molecule is COc1ccc(CCNC(=O)c2ccc(N3CCCN(C(C)=O)CC3)c(NC(=O)c3cccc(Cl)c3)c2)cc1OC. The summed E-state index contributed by atoms with van der Waals surface area (Å²) in [6.45, 7) is 4.56. The third-order valence-electron chi connectivity index (χ3n) is 7.02. The maximum atomic E-state index is 13.2. The van der Waals surface area contributed by atoms with E-state index >= 15 is 0 Å². The summed E-state index contributed by atoms with van der Waals surface area (Å²) in [5, 5.41) is 6.40. The molecule has 10 heteroatoms. The van der Waals surface area contributed by atoms with Crippen molar-refractivity contribution in [1.29, 1.82) is 0 Å². The lowest BCUT2D eigenvalue weighted by atomic mass is 10.1. The molecule has 0 atom stereocenters. The van der Waals surface area contributed by atoms with Crippen LogP contribution in [-0.2, 0) is 11.2 Å². The molecule has 0 saturated carbocycles. The molecule has 1 fully saturated rings. The third-order valence-corrected chi connectivity index (χ3v) is 7.26. The van der Waals surface area contributed by atoms with Crippen LogP contribution in [0.3, 0.4) is 0 Å². The number of nitrogens with zero attached hydrogens (tertiary/aromatic N) is 2. The van der Waals surface area contributed by atoms with Crippen molar-refractivity contribution in [3.05, 3.63) is 82.4 Å². The summed E-state index contributed by atoms with van der Waals surface area (Å²) in [4.78, 5) is 42.2. The van der Waals surface area contributed by atoms with Gasteiger partial charge in [0.2, 0.25) is 5.91 Å². The first kappa shape index (κ1) is 29.7. The summed E-state index contributed by atoms with van der Waals surface area (Å²) in [6, 6.07) is 17.6. The van der Waals surface area contributed by atoms with E-state index in [1.54, 1.807) is 57.5 Å². The van der Waals surface area contributed by atoms with Crippen LogP contribution in [0.25, 0.3) is 0 Å². The minimum Gasteiger partial charge on any atom is -0.493 e. The summed E-state index contributed by atoms with van der Waals surface area (Å²) < 4.78 is 10.7. The maximum absolute atomic E-state index is 13.2. The number of carbonyl (C=O) groups excluding carboxylic acids is 3. The molecule has 0 aromatic heterocycles. The van der Waals surface area contributed by atoms with E-state index < -0.39 is 0 Å². The van der Waals surface area contributed by atoms with E-state index in [0.29, 0.717) is 72.5 Å². The first-order valence-corrected chi connectivity index (χ1v) is 13.9. The topological polar surface area (TPSA) is 100 Å². The first-order valence-electron chi connectivity index (χ1n) is 13.5. The van der Waals surface area contributed by atoms with Crippen molar-refractivity contribution >= 4 is 40.7 Å². The zero-order valence-electron chi connectivity index (χ0n) is 23.5. The highest BCUT2D eigenvalue weighted by Crippen LogP contribution is 2.30. The van der Waals surface area contributed by atoms with Crippen LogP contribution in [0.1, 0.15) is 39.6 Å². The Kier molecular flexibility index (Phi) is 10.1. The molecule has 1 heterocycles. The molecule has 0 radical (unpaired) electrons. The van der Waals surface area contributed by atoms with Crippen molar-refractivity contribution in [3.63, 3.8) is 0 Å². The second kappa shape index (κ2) is 13.9. The van der Waals surface area contributed by atoms with Crippen molar-refractivity contribution in [2.75, 3.05) is 57.2 Å². The van der Waals surface area contributed by atoms with Gasteiger partial charge in [0, 0.05) is 55.8 Å². The molecule has 3 amide bonds. The van der Waals surface area contributed by atoms with Crippen LogP contribution in [0.15, 0.2) is 60.7 Å². The molecule has 41 heavy (non-hydrogen) atoms. The Balaban J connectivity index is 1.52. The van der Waals surface area contributed by atoms with Crippen molar-refractivity contribution in [3.8, 4) is 11.5 Å². The Hall–Kier alpha value is -4.24. The molecular weight excluding hydrogens is 544 g/mol. The minimum atomic E-state index is -0.333. The molecule has 0 aliphatic carbocycles. The van der Waals surface area contributed by atoms with Crippen LogP contribution in [0.4, 0.5) is 11.4 Å². The lowest BCUT2D eigenvalue weighted by Crippen LogP contribution is -2.34. The van der Waals surface area contributed by atoms with Gasteiger partial charge < -0.3 is 29.9 Å². The van der Waals surface area contributed by atoms with E-state index in [9.17, 15) is 14.4 Å². The number of nitrogens with one attached hydrogen (secondary N) is 2. The average molecular weight is 579 g/mol. The molecule has 1 aliphatic rings. The second-order valence-electron chi connectivity index (χ2n) is 9.74. The summed E-state index contributed by atoms with van der Waals surface area (Å²) in [6.07, 6.45) is 1.39. The van der Waals surface area contributed by atoms with Gasteiger partial charge in [-0.05, 0) is 66.9 Å². The number of ether oxygens (including phenoxy) is 2. The monoisotopic (exact) mass is 578 g/mol. The van der Waals surface area contributed by atoms with E-state index in [0.717, 1.165) is 17.7 Å². The van der Waals surface area contributed by atoms with Gasteiger partial charge in [-0.15, -0.1) is 0 Å². The van der Waals surface area contributed by atoms with E-state index in [2.05, 4.69) is 15.5 Å². The van der Waals surface area contributed by atoms with Gasteiger partial charge >= 0.3 is 0 Å². The summed E-state index contributed by atoms with van der Waals surface area (Å²) in [7, 11) is 3.17. The molecule has 0 bridgehead atoms. The predicted octanol–water partition coefficient (Wildman–Crippen LogP) is 4.64. The molecule has 1 saturated heterocycles. The standard InChI is InChI=1S/C31H35ClN4O5/c1-21(37)35-14-5-15-36(17-16-35)27-10-9-24(20-26(27)34-31(39)23-6-4-7-25(32)19-23)30(38)33-13-12-22-8-11-28(40-2)29(18-22)41-3/h4,6-11,18-20H,5,12-17H2,1-3H3,(H,33,38)(H,34,39). The van der Waals surface area contributed by atoms with Gasteiger partial charge in [-0.3, -0.25) is 14.4 Å². The number of anilines is 2. The number of hydrogen-bond acceptors (Lipinski definition) is 6. The summed E-state index contributed by atoms with van der Waals surface area (Å²) >= 11 is 6.11. The Morgan fingerprint density at radius 2 is 1.63 bits per heavy atom. The number of amides is 3. The van der Waals surface area contributed by atoms with Crippen LogP contribution in [0.5, 0.6) is 11.5 Å². The Bertz CT molecular complexity index is 1410.